The summed E-state index contributed by atoms with van der Waals surface area (Å²) in [6.45, 7) is 5.54. The van der Waals surface area contributed by atoms with E-state index in [1.165, 1.54) is 6.33 Å². The highest BCUT2D eigenvalue weighted by Gasteiger charge is 1.98. The average Bonchev–Trinajstić information content (AvgIpc) is 2.30. The van der Waals surface area contributed by atoms with Crippen molar-refractivity contribution < 1.29 is 0 Å². The number of hydrogen-bond acceptors (Lipinski definition) is 4. The first-order valence-electron chi connectivity index (χ1n) is 5.22. The number of aromatic nitrogens is 2. The maximum Gasteiger partial charge on any atom is 0.206 e. The summed E-state index contributed by atoms with van der Waals surface area (Å²) in [5.74, 6) is 6.46. The van der Waals surface area contributed by atoms with Crippen LogP contribution in [0.25, 0.3) is 0 Å². The summed E-state index contributed by atoms with van der Waals surface area (Å²) in [4.78, 5) is 12.2. The molecule has 0 fully saturated rings. The molecule has 0 aliphatic carbocycles. The maximum atomic E-state index is 5.35. The number of nitrogens with two attached hydrogens (primary N) is 1. The lowest BCUT2D eigenvalue weighted by Crippen LogP contribution is -2.42. The molecule has 4 N–H and O–H groups in total. The van der Waals surface area contributed by atoms with Gasteiger partial charge in [0.15, 0.2) is 0 Å². The second-order valence-electron chi connectivity index (χ2n) is 3.78. The van der Waals surface area contributed by atoms with E-state index < -0.39 is 0 Å². The van der Waals surface area contributed by atoms with Crippen molar-refractivity contribution in [3.05, 3.63) is 24.3 Å². The van der Waals surface area contributed by atoms with Gasteiger partial charge in [0.2, 0.25) is 5.96 Å². The van der Waals surface area contributed by atoms with Gasteiger partial charge in [0.05, 0.1) is 12.2 Å². The van der Waals surface area contributed by atoms with Crippen LogP contribution in [0, 0.1) is 5.92 Å². The average molecular weight is 222 g/mol. The first-order valence-corrected chi connectivity index (χ1v) is 5.22. The summed E-state index contributed by atoms with van der Waals surface area (Å²) in [5.41, 5.74) is 3.38. The van der Waals surface area contributed by atoms with Crippen molar-refractivity contribution in [2.45, 2.75) is 20.4 Å². The Labute approximate surface area is 95.4 Å². The molecule has 0 saturated carbocycles. The third kappa shape index (κ3) is 4.70. The molecule has 6 heteroatoms. The molecule has 0 radical (unpaired) electrons. The molecule has 0 aliphatic rings. The van der Waals surface area contributed by atoms with Crippen LogP contribution in [0.3, 0.4) is 0 Å². The Morgan fingerprint density at radius 1 is 1.56 bits per heavy atom. The minimum absolute atomic E-state index is 0.479. The molecule has 1 aromatic rings. The zero-order chi connectivity index (χ0) is 11.8. The summed E-state index contributed by atoms with van der Waals surface area (Å²) in [5, 5.41) is 3.11. The van der Waals surface area contributed by atoms with Crippen molar-refractivity contribution in [2.24, 2.45) is 16.8 Å². The Bertz CT molecular complexity index is 321. The largest absolute Gasteiger partial charge is 0.355 e. The highest BCUT2D eigenvalue weighted by molar-refractivity contribution is 5.79. The van der Waals surface area contributed by atoms with Gasteiger partial charge in [-0.25, -0.2) is 20.8 Å². The predicted molar refractivity (Wildman–Crippen MR) is 63.3 cm³/mol. The van der Waals surface area contributed by atoms with Crippen molar-refractivity contribution in [3.63, 3.8) is 0 Å². The van der Waals surface area contributed by atoms with Gasteiger partial charge >= 0.3 is 0 Å². The van der Waals surface area contributed by atoms with E-state index in [4.69, 9.17) is 5.84 Å². The standard InChI is InChI=1S/C10H18N6/c1-8(2)5-13-10(16-11)14-6-9-3-4-12-7-15-9/h3-4,7-8H,5-6,11H2,1-2H3,(H2,13,14,16). The van der Waals surface area contributed by atoms with Crippen molar-refractivity contribution >= 4 is 5.96 Å². The third-order valence-corrected chi connectivity index (χ3v) is 1.86. The molecule has 0 aliphatic heterocycles. The molecule has 0 saturated heterocycles. The summed E-state index contributed by atoms with van der Waals surface area (Å²) in [7, 11) is 0. The van der Waals surface area contributed by atoms with Gasteiger partial charge in [-0.05, 0) is 12.0 Å². The predicted octanol–water partition coefficient (Wildman–Crippen LogP) is 0.0415. The van der Waals surface area contributed by atoms with E-state index >= 15 is 0 Å². The molecular weight excluding hydrogens is 204 g/mol. The minimum atomic E-state index is 0.479. The topological polar surface area (TPSA) is 88.2 Å². The van der Waals surface area contributed by atoms with Crippen LogP contribution in [-0.4, -0.2) is 22.5 Å². The summed E-state index contributed by atoms with van der Waals surface area (Å²) >= 11 is 0. The van der Waals surface area contributed by atoms with Gasteiger partial charge < -0.3 is 5.32 Å². The first-order chi connectivity index (χ1) is 7.72. The van der Waals surface area contributed by atoms with E-state index in [-0.39, 0.29) is 0 Å². The van der Waals surface area contributed by atoms with Crippen LogP contribution in [0.5, 0.6) is 0 Å². The van der Waals surface area contributed by atoms with Gasteiger partial charge in [0.1, 0.15) is 6.33 Å². The van der Waals surface area contributed by atoms with E-state index in [0.717, 1.165) is 12.2 Å². The zero-order valence-electron chi connectivity index (χ0n) is 9.64. The number of hydrazine groups is 1. The quantitative estimate of drug-likeness (QED) is 0.290. The van der Waals surface area contributed by atoms with Gasteiger partial charge in [0, 0.05) is 12.7 Å². The molecule has 88 valence electrons. The monoisotopic (exact) mass is 222 g/mol. The number of nitrogens with zero attached hydrogens (tertiary/aromatic N) is 3. The second kappa shape index (κ2) is 6.73. The van der Waals surface area contributed by atoms with Crippen molar-refractivity contribution in [2.75, 3.05) is 6.54 Å². The van der Waals surface area contributed by atoms with E-state index in [9.17, 15) is 0 Å². The van der Waals surface area contributed by atoms with Crippen LogP contribution in [0.15, 0.2) is 23.6 Å². The SMILES string of the molecule is CC(C)CNC(=NCc1ccncn1)NN. The third-order valence-electron chi connectivity index (χ3n) is 1.86. The van der Waals surface area contributed by atoms with Crippen LogP contribution in [0.4, 0.5) is 0 Å². The normalized spacial score (nSPS) is 11.6. The fourth-order valence-electron chi connectivity index (χ4n) is 1.03. The summed E-state index contributed by atoms with van der Waals surface area (Å²) in [6.07, 6.45) is 3.19. The van der Waals surface area contributed by atoms with E-state index in [1.54, 1.807) is 6.20 Å². The Hall–Kier alpha value is -1.69. The van der Waals surface area contributed by atoms with Crippen LogP contribution in [-0.2, 0) is 6.54 Å². The second-order valence-corrected chi connectivity index (χ2v) is 3.78. The number of nitrogens with one attached hydrogen (secondary N) is 2. The van der Waals surface area contributed by atoms with Gasteiger partial charge in [-0.15, -0.1) is 0 Å². The van der Waals surface area contributed by atoms with Crippen molar-refractivity contribution in [3.8, 4) is 0 Å². The smallest absolute Gasteiger partial charge is 0.206 e. The van der Waals surface area contributed by atoms with Crippen LogP contribution < -0.4 is 16.6 Å². The Morgan fingerprint density at radius 2 is 2.38 bits per heavy atom. The van der Waals surface area contributed by atoms with Crippen molar-refractivity contribution in [1.82, 2.24) is 20.7 Å². The van der Waals surface area contributed by atoms with Gasteiger partial charge in [0.25, 0.3) is 0 Å². The molecule has 1 aromatic heterocycles. The lowest BCUT2D eigenvalue weighted by atomic mass is 10.2. The number of aliphatic imine (C=N–C) groups is 1. The highest BCUT2D eigenvalue weighted by atomic mass is 15.3. The lowest BCUT2D eigenvalue weighted by molar-refractivity contribution is 0.615. The first kappa shape index (κ1) is 12.4. The maximum absolute atomic E-state index is 5.35. The van der Waals surface area contributed by atoms with Gasteiger partial charge in [-0.3, -0.25) is 5.43 Å². The molecule has 0 amide bonds. The van der Waals surface area contributed by atoms with Crippen molar-refractivity contribution in [1.29, 1.82) is 0 Å². The molecule has 0 spiro atoms. The molecule has 1 heterocycles. The molecular formula is C10H18N6. The van der Waals surface area contributed by atoms with E-state index in [1.807, 2.05) is 6.07 Å². The van der Waals surface area contributed by atoms with Crippen LogP contribution in [0.2, 0.25) is 0 Å². The Balaban J connectivity index is 2.47. The fourth-order valence-corrected chi connectivity index (χ4v) is 1.03. The van der Waals surface area contributed by atoms with Crippen LogP contribution >= 0.6 is 0 Å². The van der Waals surface area contributed by atoms with E-state index in [0.29, 0.717) is 18.4 Å². The number of rotatable bonds is 4. The number of guanidine groups is 1. The molecule has 16 heavy (non-hydrogen) atoms. The van der Waals surface area contributed by atoms with Gasteiger partial charge in [-0.2, -0.15) is 0 Å². The van der Waals surface area contributed by atoms with Crippen LogP contribution in [0.1, 0.15) is 19.5 Å². The highest BCUT2D eigenvalue weighted by Crippen LogP contribution is 1.93. The molecule has 0 atom stereocenters. The molecule has 0 unspecified atom stereocenters. The zero-order valence-corrected chi connectivity index (χ0v) is 9.64. The molecule has 1 rings (SSSR count). The molecule has 0 bridgehead atoms. The molecule has 0 aromatic carbocycles. The Morgan fingerprint density at radius 3 is 2.94 bits per heavy atom. The Kier molecular flexibility index (Phi) is 5.21. The summed E-state index contributed by atoms with van der Waals surface area (Å²) in [6, 6.07) is 1.82. The van der Waals surface area contributed by atoms with Gasteiger partial charge in [-0.1, -0.05) is 13.8 Å². The fraction of sp³-hybridized carbons (Fsp3) is 0.500. The molecule has 6 nitrogen and oxygen atoms in total. The minimum Gasteiger partial charge on any atom is -0.355 e. The lowest BCUT2D eigenvalue weighted by Gasteiger charge is -2.10. The number of hydrogen-bond donors (Lipinski definition) is 3. The van der Waals surface area contributed by atoms with E-state index in [2.05, 4.69) is 39.6 Å². The summed E-state index contributed by atoms with van der Waals surface area (Å²) < 4.78 is 0.